The number of sulfonamides is 1. The van der Waals surface area contributed by atoms with E-state index in [1.807, 2.05) is 6.92 Å². The van der Waals surface area contributed by atoms with E-state index in [4.69, 9.17) is 10.5 Å². The van der Waals surface area contributed by atoms with Gasteiger partial charge in [-0.3, -0.25) is 0 Å². The minimum atomic E-state index is -3.64. The van der Waals surface area contributed by atoms with Crippen LogP contribution in [0, 0.1) is 5.92 Å². The van der Waals surface area contributed by atoms with Gasteiger partial charge in [0, 0.05) is 19.7 Å². The van der Waals surface area contributed by atoms with Crippen LogP contribution in [0.1, 0.15) is 19.8 Å². The number of aromatic nitrogens is 2. The van der Waals surface area contributed by atoms with Crippen LogP contribution in [0.4, 0.5) is 5.13 Å². The summed E-state index contributed by atoms with van der Waals surface area (Å²) in [6.07, 6.45) is 2.14. The summed E-state index contributed by atoms with van der Waals surface area (Å²) in [5, 5.41) is 7.38. The van der Waals surface area contributed by atoms with Crippen molar-refractivity contribution in [2.24, 2.45) is 5.92 Å². The molecule has 0 radical (unpaired) electrons. The van der Waals surface area contributed by atoms with Crippen LogP contribution >= 0.6 is 11.3 Å². The number of nitrogens with zero attached hydrogens (tertiary/aromatic N) is 3. The van der Waals surface area contributed by atoms with E-state index in [0.717, 1.165) is 24.2 Å². The molecule has 1 saturated carbocycles. The van der Waals surface area contributed by atoms with Crippen LogP contribution in [-0.2, 0) is 14.8 Å². The highest BCUT2D eigenvalue weighted by Gasteiger charge is 2.39. The molecule has 0 aliphatic heterocycles. The van der Waals surface area contributed by atoms with Crippen molar-refractivity contribution in [2.75, 3.05) is 26.0 Å². The molecule has 108 valence electrons. The summed E-state index contributed by atoms with van der Waals surface area (Å²) < 4.78 is 31.5. The van der Waals surface area contributed by atoms with Gasteiger partial charge in [-0.15, -0.1) is 10.2 Å². The van der Waals surface area contributed by atoms with Crippen LogP contribution < -0.4 is 5.73 Å². The standard InChI is InChI=1S/C10H18N4O3S2/c1-7(8-3-4-8)14(5-6-17-2)19(15,16)10-13-12-9(11)18-10/h7-8H,3-6H2,1-2H3,(H2,11,12). The van der Waals surface area contributed by atoms with Crippen molar-refractivity contribution in [1.29, 1.82) is 0 Å². The average molecular weight is 306 g/mol. The van der Waals surface area contributed by atoms with Crippen LogP contribution in [0.15, 0.2) is 4.34 Å². The van der Waals surface area contributed by atoms with Gasteiger partial charge >= 0.3 is 0 Å². The van der Waals surface area contributed by atoms with Gasteiger partial charge in [-0.25, -0.2) is 8.42 Å². The van der Waals surface area contributed by atoms with Gasteiger partial charge in [0.2, 0.25) is 9.47 Å². The summed E-state index contributed by atoms with van der Waals surface area (Å²) in [4.78, 5) is 0. The fraction of sp³-hybridized carbons (Fsp3) is 0.800. The minimum Gasteiger partial charge on any atom is -0.383 e. The van der Waals surface area contributed by atoms with E-state index in [-0.39, 0.29) is 15.5 Å². The van der Waals surface area contributed by atoms with Crippen molar-refractivity contribution in [2.45, 2.75) is 30.1 Å². The molecule has 0 saturated heterocycles. The predicted molar refractivity (Wildman–Crippen MR) is 72.3 cm³/mol. The van der Waals surface area contributed by atoms with E-state index in [9.17, 15) is 8.42 Å². The second kappa shape index (κ2) is 5.70. The Morgan fingerprint density at radius 1 is 1.53 bits per heavy atom. The predicted octanol–water partition coefficient (Wildman–Crippen LogP) is 0.556. The number of nitrogens with two attached hydrogens (primary N) is 1. The van der Waals surface area contributed by atoms with Crippen LogP contribution in [0.25, 0.3) is 0 Å². The molecule has 1 aromatic rings. The smallest absolute Gasteiger partial charge is 0.272 e. The van der Waals surface area contributed by atoms with Crippen molar-refractivity contribution in [3.05, 3.63) is 0 Å². The zero-order chi connectivity index (χ0) is 14.0. The topological polar surface area (TPSA) is 98.4 Å². The van der Waals surface area contributed by atoms with Crippen LogP contribution in [-0.4, -0.2) is 49.2 Å². The highest BCUT2D eigenvalue weighted by molar-refractivity contribution is 7.91. The monoisotopic (exact) mass is 306 g/mol. The van der Waals surface area contributed by atoms with E-state index < -0.39 is 10.0 Å². The quantitative estimate of drug-likeness (QED) is 0.790. The van der Waals surface area contributed by atoms with Gasteiger partial charge in [-0.1, -0.05) is 11.3 Å². The Morgan fingerprint density at radius 3 is 2.68 bits per heavy atom. The van der Waals surface area contributed by atoms with Gasteiger partial charge in [-0.2, -0.15) is 4.31 Å². The number of ether oxygens (including phenoxy) is 1. The van der Waals surface area contributed by atoms with Crippen LogP contribution in [0.2, 0.25) is 0 Å². The van der Waals surface area contributed by atoms with Crippen molar-refractivity contribution in [3.63, 3.8) is 0 Å². The van der Waals surface area contributed by atoms with E-state index in [0.29, 0.717) is 19.1 Å². The molecule has 0 bridgehead atoms. The minimum absolute atomic E-state index is 0.0476. The summed E-state index contributed by atoms with van der Waals surface area (Å²) in [5.74, 6) is 0.428. The van der Waals surface area contributed by atoms with Gasteiger partial charge < -0.3 is 10.5 Å². The first kappa shape index (κ1) is 14.6. The second-order valence-corrected chi connectivity index (χ2v) is 7.67. The fourth-order valence-electron chi connectivity index (χ4n) is 1.96. The highest BCUT2D eigenvalue weighted by Crippen LogP contribution is 2.37. The number of nitrogen functional groups attached to an aromatic ring is 1. The van der Waals surface area contributed by atoms with Gasteiger partial charge in [0.25, 0.3) is 10.0 Å². The summed E-state index contributed by atoms with van der Waals surface area (Å²) in [5.41, 5.74) is 5.46. The lowest BCUT2D eigenvalue weighted by molar-refractivity contribution is 0.164. The SMILES string of the molecule is COCCN(C(C)C1CC1)S(=O)(=O)c1nnc(N)s1. The van der Waals surface area contributed by atoms with Crippen LogP contribution in [0.5, 0.6) is 0 Å². The zero-order valence-electron chi connectivity index (χ0n) is 10.9. The van der Waals surface area contributed by atoms with Gasteiger partial charge in [0.1, 0.15) is 0 Å². The molecular weight excluding hydrogens is 288 g/mol. The molecule has 1 heterocycles. The lowest BCUT2D eigenvalue weighted by atomic mass is 10.2. The molecule has 1 unspecified atom stereocenters. The third-order valence-corrected chi connectivity index (χ3v) is 6.31. The number of hydrogen-bond donors (Lipinski definition) is 1. The van der Waals surface area contributed by atoms with E-state index >= 15 is 0 Å². The molecular formula is C10H18N4O3S2. The first-order valence-electron chi connectivity index (χ1n) is 6.06. The number of methoxy groups -OCH3 is 1. The van der Waals surface area contributed by atoms with Gasteiger partial charge in [0.05, 0.1) is 6.61 Å². The lowest BCUT2D eigenvalue weighted by Gasteiger charge is -2.26. The molecule has 1 aliphatic rings. The summed E-state index contributed by atoms with van der Waals surface area (Å²) in [7, 11) is -2.09. The Morgan fingerprint density at radius 2 is 2.21 bits per heavy atom. The summed E-state index contributed by atoms with van der Waals surface area (Å²) in [6.45, 7) is 2.59. The van der Waals surface area contributed by atoms with Crippen LogP contribution in [0.3, 0.4) is 0 Å². The van der Waals surface area contributed by atoms with E-state index in [1.165, 1.54) is 4.31 Å². The van der Waals surface area contributed by atoms with E-state index in [1.54, 1.807) is 7.11 Å². The summed E-state index contributed by atoms with van der Waals surface area (Å²) >= 11 is 0.891. The first-order valence-corrected chi connectivity index (χ1v) is 8.32. The number of rotatable bonds is 7. The molecule has 0 aromatic carbocycles. The van der Waals surface area contributed by atoms with Gasteiger partial charge in [0.15, 0.2) is 0 Å². The molecule has 1 fully saturated rings. The van der Waals surface area contributed by atoms with E-state index in [2.05, 4.69) is 10.2 Å². The molecule has 1 atom stereocenters. The van der Waals surface area contributed by atoms with Crippen molar-refractivity contribution in [1.82, 2.24) is 14.5 Å². The molecule has 19 heavy (non-hydrogen) atoms. The Balaban J connectivity index is 2.25. The second-order valence-electron chi connectivity index (χ2n) is 4.59. The lowest BCUT2D eigenvalue weighted by Crippen LogP contribution is -2.41. The van der Waals surface area contributed by atoms with Gasteiger partial charge in [-0.05, 0) is 25.7 Å². The maximum Gasteiger partial charge on any atom is 0.272 e. The largest absolute Gasteiger partial charge is 0.383 e. The summed E-state index contributed by atoms with van der Waals surface area (Å²) in [6, 6.07) is -0.0507. The normalized spacial score (nSPS) is 17.8. The molecule has 1 aromatic heterocycles. The molecule has 2 rings (SSSR count). The molecule has 0 amide bonds. The Bertz CT molecular complexity index is 527. The molecule has 0 spiro atoms. The third kappa shape index (κ3) is 3.22. The molecule has 9 heteroatoms. The molecule has 7 nitrogen and oxygen atoms in total. The third-order valence-electron chi connectivity index (χ3n) is 3.23. The first-order chi connectivity index (χ1) is 8.96. The Kier molecular flexibility index (Phi) is 4.39. The Hall–Kier alpha value is -0.770. The average Bonchev–Trinajstić information content (AvgIpc) is 3.11. The van der Waals surface area contributed by atoms with Crippen molar-refractivity contribution >= 4 is 26.5 Å². The maximum atomic E-state index is 12.5. The Labute approximate surface area is 116 Å². The van der Waals surface area contributed by atoms with Crippen molar-refractivity contribution in [3.8, 4) is 0 Å². The number of anilines is 1. The molecule has 2 N–H and O–H groups in total. The maximum absolute atomic E-state index is 12.5. The van der Waals surface area contributed by atoms with Crippen molar-refractivity contribution < 1.29 is 13.2 Å². The highest BCUT2D eigenvalue weighted by atomic mass is 32.2. The number of hydrogen-bond acceptors (Lipinski definition) is 7. The molecule has 1 aliphatic carbocycles. The zero-order valence-corrected chi connectivity index (χ0v) is 12.6. The fourth-order valence-corrected chi connectivity index (χ4v) is 4.54.